The van der Waals surface area contributed by atoms with Gasteiger partial charge in [-0.05, 0) is 30.7 Å². The van der Waals surface area contributed by atoms with Crippen molar-refractivity contribution in [1.82, 2.24) is 5.32 Å². The molecule has 0 fully saturated rings. The van der Waals surface area contributed by atoms with Crippen LogP contribution >= 0.6 is 0 Å². The third-order valence-electron chi connectivity index (χ3n) is 3.56. The number of nitrogens with zero attached hydrogens (tertiary/aromatic N) is 1. The Balaban J connectivity index is 2.26. The first-order valence-corrected chi connectivity index (χ1v) is 8.14. The van der Waals surface area contributed by atoms with Crippen LogP contribution in [-0.4, -0.2) is 25.3 Å². The Kier molecular flexibility index (Phi) is 6.81. The number of nitrogens with one attached hydrogen (secondary N) is 1. The zero-order valence-corrected chi connectivity index (χ0v) is 14.8. The molecular weight excluding hydrogens is 361 g/mol. The van der Waals surface area contributed by atoms with Crippen LogP contribution in [-0.2, 0) is 22.4 Å². The van der Waals surface area contributed by atoms with E-state index >= 15 is 0 Å². The van der Waals surface area contributed by atoms with Gasteiger partial charge in [-0.3, -0.25) is 4.79 Å². The maximum atomic E-state index is 12.8. The number of rotatable bonds is 7. The third kappa shape index (κ3) is 5.47. The average Bonchev–Trinajstić information content (AvgIpc) is 2.64. The van der Waals surface area contributed by atoms with E-state index in [4.69, 9.17) is 9.57 Å². The van der Waals surface area contributed by atoms with Crippen LogP contribution in [0.25, 0.3) is 0 Å². The van der Waals surface area contributed by atoms with Gasteiger partial charge in [0.15, 0.2) is 5.71 Å². The molecule has 0 aromatic heterocycles. The second kappa shape index (κ2) is 9.07. The van der Waals surface area contributed by atoms with E-state index in [2.05, 4.69) is 10.5 Å². The van der Waals surface area contributed by atoms with Crippen molar-refractivity contribution in [2.45, 2.75) is 19.7 Å². The third-order valence-corrected chi connectivity index (χ3v) is 3.56. The normalized spacial score (nSPS) is 11.8. The summed E-state index contributed by atoms with van der Waals surface area (Å²) in [5.41, 5.74) is 0.314. The van der Waals surface area contributed by atoms with Crippen LogP contribution in [0.2, 0.25) is 0 Å². The van der Waals surface area contributed by atoms with Crippen molar-refractivity contribution in [2.24, 2.45) is 5.16 Å². The van der Waals surface area contributed by atoms with Crippen molar-refractivity contribution < 1.29 is 27.5 Å². The molecule has 1 N–H and O–H groups in total. The van der Waals surface area contributed by atoms with Crippen molar-refractivity contribution in [3.8, 4) is 5.75 Å². The molecule has 2 aromatic rings. The Hall–Kier alpha value is -3.03. The molecule has 0 heterocycles. The summed E-state index contributed by atoms with van der Waals surface area (Å²) in [4.78, 5) is 17.0. The fraction of sp³-hybridized carbons (Fsp3) is 0.263. The summed E-state index contributed by atoms with van der Waals surface area (Å²) >= 11 is 0. The predicted octanol–water partition coefficient (Wildman–Crippen LogP) is 3.77. The van der Waals surface area contributed by atoms with Crippen molar-refractivity contribution in [3.05, 3.63) is 65.2 Å². The molecule has 144 valence electrons. The Morgan fingerprint density at radius 2 is 1.89 bits per heavy atom. The molecule has 2 rings (SSSR count). The second-order valence-electron chi connectivity index (χ2n) is 5.45. The molecule has 2 aromatic carbocycles. The molecule has 1 amide bonds. The van der Waals surface area contributed by atoms with E-state index in [0.717, 1.165) is 12.1 Å². The molecule has 8 heteroatoms. The predicted molar refractivity (Wildman–Crippen MR) is 94.4 cm³/mol. The fourth-order valence-electron chi connectivity index (χ4n) is 2.35. The van der Waals surface area contributed by atoms with E-state index in [1.54, 1.807) is 31.2 Å². The summed E-state index contributed by atoms with van der Waals surface area (Å²) in [5, 5.41) is 6.41. The fourth-order valence-corrected chi connectivity index (χ4v) is 2.35. The number of amides is 1. The number of likely N-dealkylation sites (N-methyl/N-ethyl adjacent to an activating group) is 1. The van der Waals surface area contributed by atoms with E-state index in [1.807, 2.05) is 0 Å². The van der Waals surface area contributed by atoms with Crippen LogP contribution in [0.15, 0.2) is 53.7 Å². The van der Waals surface area contributed by atoms with Crippen LogP contribution in [0.1, 0.15) is 23.6 Å². The molecule has 27 heavy (non-hydrogen) atoms. The van der Waals surface area contributed by atoms with Crippen molar-refractivity contribution in [2.75, 3.05) is 13.7 Å². The molecule has 0 unspecified atom stereocenters. The topological polar surface area (TPSA) is 59.9 Å². The maximum Gasteiger partial charge on any atom is 0.416 e. The monoisotopic (exact) mass is 380 g/mol. The summed E-state index contributed by atoms with van der Waals surface area (Å²) in [6, 6.07) is 11.4. The molecule has 0 spiro atoms. The van der Waals surface area contributed by atoms with E-state index in [0.29, 0.717) is 17.7 Å². The number of halogens is 3. The minimum absolute atomic E-state index is 0.0420. The Bertz CT molecular complexity index is 820. The molecule has 0 saturated carbocycles. The number of alkyl halides is 3. The number of hydrogen-bond donors (Lipinski definition) is 1. The van der Waals surface area contributed by atoms with Crippen molar-refractivity contribution >= 4 is 11.6 Å². The number of carbonyl (C=O) groups is 1. The first-order valence-electron chi connectivity index (χ1n) is 8.14. The molecule has 0 aliphatic rings. The molecule has 0 aliphatic heterocycles. The van der Waals surface area contributed by atoms with Gasteiger partial charge in [-0.1, -0.05) is 35.5 Å². The van der Waals surface area contributed by atoms with Gasteiger partial charge in [0.05, 0.1) is 5.56 Å². The van der Waals surface area contributed by atoms with Gasteiger partial charge in [-0.2, -0.15) is 13.2 Å². The second-order valence-corrected chi connectivity index (χ2v) is 5.45. The largest absolute Gasteiger partial charge is 0.489 e. The van der Waals surface area contributed by atoms with Crippen LogP contribution in [0.5, 0.6) is 5.75 Å². The van der Waals surface area contributed by atoms with Gasteiger partial charge >= 0.3 is 6.18 Å². The van der Waals surface area contributed by atoms with Gasteiger partial charge in [0.2, 0.25) is 0 Å². The van der Waals surface area contributed by atoms with Gasteiger partial charge < -0.3 is 14.9 Å². The van der Waals surface area contributed by atoms with Gasteiger partial charge in [0, 0.05) is 12.1 Å². The minimum atomic E-state index is -4.45. The van der Waals surface area contributed by atoms with Gasteiger partial charge in [-0.15, -0.1) is 0 Å². The number of benzene rings is 2. The highest BCUT2D eigenvalue weighted by atomic mass is 19.4. The Labute approximate surface area is 154 Å². The number of oxime groups is 1. The lowest BCUT2D eigenvalue weighted by Crippen LogP contribution is -2.32. The summed E-state index contributed by atoms with van der Waals surface area (Å²) in [6.07, 6.45) is -4.45. The van der Waals surface area contributed by atoms with Gasteiger partial charge in [-0.25, -0.2) is 0 Å². The highest BCUT2D eigenvalue weighted by Crippen LogP contribution is 2.31. The first-order chi connectivity index (χ1) is 12.9. The number of hydrogen-bond acceptors (Lipinski definition) is 4. The van der Waals surface area contributed by atoms with E-state index in [1.165, 1.54) is 19.2 Å². The molecule has 0 bridgehead atoms. The summed E-state index contributed by atoms with van der Waals surface area (Å²) < 4.78 is 44.0. The lowest BCUT2D eigenvalue weighted by Gasteiger charge is -2.13. The van der Waals surface area contributed by atoms with Crippen LogP contribution < -0.4 is 10.1 Å². The van der Waals surface area contributed by atoms with E-state index in [-0.39, 0.29) is 18.1 Å². The Morgan fingerprint density at radius 1 is 1.15 bits per heavy atom. The first kappa shape index (κ1) is 20.3. The molecule has 0 aliphatic carbocycles. The van der Waals surface area contributed by atoms with E-state index in [9.17, 15) is 18.0 Å². The quantitative estimate of drug-likeness (QED) is 0.588. The molecule has 0 atom stereocenters. The molecule has 5 nitrogen and oxygen atoms in total. The highest BCUT2D eigenvalue weighted by Gasteiger charge is 2.30. The smallest absolute Gasteiger partial charge is 0.416 e. The maximum absolute atomic E-state index is 12.8. The summed E-state index contributed by atoms with van der Waals surface area (Å²) in [6.45, 7) is 2.13. The number of carbonyl (C=O) groups excluding carboxylic acids is 1. The zero-order valence-electron chi connectivity index (χ0n) is 14.8. The SMILES string of the molecule is CCNC(=O)/C(=N/OC)c1ccccc1COc1cccc(C(F)(F)F)c1. The van der Waals surface area contributed by atoms with Crippen LogP contribution in [0.4, 0.5) is 13.2 Å². The average molecular weight is 380 g/mol. The number of ether oxygens (including phenoxy) is 1. The van der Waals surface area contributed by atoms with Crippen molar-refractivity contribution in [3.63, 3.8) is 0 Å². The molecule has 0 radical (unpaired) electrons. The molecule has 0 saturated heterocycles. The van der Waals surface area contributed by atoms with Gasteiger partial charge in [0.1, 0.15) is 19.5 Å². The summed E-state index contributed by atoms with van der Waals surface area (Å²) in [7, 11) is 1.32. The minimum Gasteiger partial charge on any atom is -0.489 e. The standard InChI is InChI=1S/C19H19F3N2O3/c1-3-23-18(25)17(24-26-2)16-10-5-4-7-13(16)12-27-15-9-6-8-14(11-15)19(20,21)22/h4-11H,3,12H2,1-2H3,(H,23,25)/b24-17+. The van der Waals surface area contributed by atoms with E-state index < -0.39 is 17.6 Å². The Morgan fingerprint density at radius 3 is 2.56 bits per heavy atom. The lowest BCUT2D eigenvalue weighted by molar-refractivity contribution is -0.137. The lowest BCUT2D eigenvalue weighted by atomic mass is 10.0. The van der Waals surface area contributed by atoms with Crippen LogP contribution in [0, 0.1) is 0 Å². The summed E-state index contributed by atoms with van der Waals surface area (Å²) in [5.74, 6) is -0.353. The zero-order chi connectivity index (χ0) is 19.9. The van der Waals surface area contributed by atoms with Crippen molar-refractivity contribution in [1.29, 1.82) is 0 Å². The molecular formula is C19H19F3N2O3. The van der Waals surface area contributed by atoms with Crippen LogP contribution in [0.3, 0.4) is 0 Å². The van der Waals surface area contributed by atoms with Gasteiger partial charge in [0.25, 0.3) is 5.91 Å². The highest BCUT2D eigenvalue weighted by molar-refractivity contribution is 6.45.